The number of ether oxygens (including phenoxy) is 1. The van der Waals surface area contributed by atoms with E-state index in [1.165, 1.54) is 12.7 Å². The maximum atomic E-state index is 14.2. The van der Waals surface area contributed by atoms with Crippen molar-refractivity contribution in [1.29, 1.82) is 0 Å². The van der Waals surface area contributed by atoms with Crippen molar-refractivity contribution in [1.82, 2.24) is 24.4 Å². The predicted molar refractivity (Wildman–Crippen MR) is 214 cm³/mol. The molecule has 1 amide bonds. The molecule has 2 aromatic heterocycles. The Morgan fingerprint density at radius 1 is 0.964 bits per heavy atom. The highest BCUT2D eigenvalue weighted by Gasteiger charge is 2.44. The summed E-state index contributed by atoms with van der Waals surface area (Å²) in [4.78, 5) is 55.0. The fraction of sp³-hybridized carbons (Fsp3) is 0.415. The number of ketones is 2. The largest absolute Gasteiger partial charge is 0.387 e. The lowest BCUT2D eigenvalue weighted by molar-refractivity contribution is -0.133. The van der Waals surface area contributed by atoms with Crippen LogP contribution in [0.1, 0.15) is 65.7 Å². The van der Waals surface area contributed by atoms with Crippen LogP contribution in [0.15, 0.2) is 83.5 Å². The number of fused-ring (bicyclic) bond motifs is 1. The molecule has 290 valence electrons. The number of carbonyl (C=O) groups excluding carboxylic acids is 3. The molecule has 0 bridgehead atoms. The second-order valence-electron chi connectivity index (χ2n) is 14.9. The first-order chi connectivity index (χ1) is 26.2. The van der Waals surface area contributed by atoms with E-state index in [0.29, 0.717) is 63.7 Å². The van der Waals surface area contributed by atoms with E-state index in [4.69, 9.17) is 22.1 Å². The van der Waals surface area contributed by atoms with Crippen LogP contribution in [0.2, 0.25) is 5.02 Å². The number of Topliss-reactive ketones (excluding diaryl/α,β-unsaturated/α-hetero) is 2. The Balaban J connectivity index is 1.10. The molecule has 1 aliphatic carbocycles. The first-order valence-corrected chi connectivity index (χ1v) is 19.8. The molecule has 2 aromatic carbocycles. The zero-order valence-electron chi connectivity index (χ0n) is 31.7. The summed E-state index contributed by atoms with van der Waals surface area (Å²) in [5.41, 5.74) is 10.5. The average Bonchev–Trinajstić information content (AvgIpc) is 3.71. The number of unbranched alkanes of at least 4 members (excludes halogenated alkanes) is 1. The molecular formula is C41H47ClN6O6S. The van der Waals surface area contributed by atoms with Crippen LogP contribution in [-0.4, -0.2) is 88.5 Å². The Kier molecular flexibility index (Phi) is 12.3. The number of hydrogen-bond donors (Lipinski definition) is 3. The number of nitrogens with two attached hydrogens (primary N) is 1. The van der Waals surface area contributed by atoms with Gasteiger partial charge in [0.2, 0.25) is 5.91 Å². The smallest absolute Gasteiger partial charge is 0.223 e. The third-order valence-electron chi connectivity index (χ3n) is 10.5. The number of thioether (sulfide) groups is 1. The summed E-state index contributed by atoms with van der Waals surface area (Å²) < 4.78 is 7.65. The second-order valence-corrected chi connectivity index (χ2v) is 16.5. The lowest BCUT2D eigenvalue weighted by Gasteiger charge is -2.33. The minimum Gasteiger partial charge on any atom is -0.387 e. The van der Waals surface area contributed by atoms with Gasteiger partial charge in [0.15, 0.2) is 29.3 Å². The molecule has 4 aromatic rings. The van der Waals surface area contributed by atoms with Gasteiger partial charge in [-0.15, -0.1) is 0 Å². The van der Waals surface area contributed by atoms with Crippen LogP contribution in [0.3, 0.4) is 0 Å². The van der Waals surface area contributed by atoms with Crippen molar-refractivity contribution in [3.05, 3.63) is 94.1 Å². The number of carbonyl (C=O) groups is 3. The molecule has 4 atom stereocenters. The Morgan fingerprint density at radius 2 is 1.69 bits per heavy atom. The average molecular weight is 787 g/mol. The Morgan fingerprint density at radius 3 is 2.44 bits per heavy atom. The number of amides is 1. The standard InChI is InChI=1S/C41H47ClN6O6S/c1-23-24(2)35(51)32(25(3)34(23)50)41(4,5)18-31(49)47(19-26-9-8-10-28(17-26)27-11-13-29(42)14-12-27)15-6-7-16-55-20-30-36(52)37(53)40(54-30)48-22-46-33-38(43)44-21-45-39(33)48/h8-14,17,21-22,30,36-37,40,52-53H,6-7,15-16,18-20H2,1-5H3,(H2,43,44,45). The molecule has 0 radical (unpaired) electrons. The fourth-order valence-corrected chi connectivity index (χ4v) is 8.56. The monoisotopic (exact) mass is 786 g/mol. The number of rotatable bonds is 14. The molecule has 6 rings (SSSR count). The van der Waals surface area contributed by atoms with E-state index in [2.05, 4.69) is 21.0 Å². The molecule has 1 saturated heterocycles. The van der Waals surface area contributed by atoms with Crippen LogP contribution in [0.25, 0.3) is 22.3 Å². The summed E-state index contributed by atoms with van der Waals surface area (Å²) in [6.45, 7) is 9.59. The molecule has 3 heterocycles. The molecule has 1 aliphatic heterocycles. The third kappa shape index (κ3) is 8.56. The number of nitrogens with zero attached hydrogens (tertiary/aromatic N) is 5. The molecule has 4 unspecified atom stereocenters. The molecule has 55 heavy (non-hydrogen) atoms. The first-order valence-electron chi connectivity index (χ1n) is 18.3. The summed E-state index contributed by atoms with van der Waals surface area (Å²) in [7, 11) is 0. The van der Waals surface area contributed by atoms with Crippen LogP contribution >= 0.6 is 23.4 Å². The normalized spacial score (nSPS) is 20.6. The quantitative estimate of drug-likeness (QED) is 0.0994. The Bertz CT molecular complexity index is 2170. The van der Waals surface area contributed by atoms with Gasteiger partial charge in [0.25, 0.3) is 0 Å². The predicted octanol–water partition coefficient (Wildman–Crippen LogP) is 6.11. The first kappa shape index (κ1) is 40.3. The lowest BCUT2D eigenvalue weighted by Crippen LogP contribution is -2.38. The van der Waals surface area contributed by atoms with Crippen LogP contribution in [0, 0.1) is 5.41 Å². The molecule has 0 spiro atoms. The number of allylic oxidation sites excluding steroid dienone is 4. The van der Waals surface area contributed by atoms with Gasteiger partial charge in [-0.05, 0) is 74.3 Å². The summed E-state index contributed by atoms with van der Waals surface area (Å²) >= 11 is 7.72. The van der Waals surface area contributed by atoms with E-state index >= 15 is 0 Å². The van der Waals surface area contributed by atoms with Crippen LogP contribution in [-0.2, 0) is 25.7 Å². The topological polar surface area (TPSA) is 174 Å². The highest BCUT2D eigenvalue weighted by atomic mass is 35.5. The SMILES string of the molecule is CC1=C(C)C(=O)C(C(C)(C)CC(=O)N(CCCCSCC2OC(n3cnc4c(N)ncnc43)C(O)C2O)Cc2cccc(-c3ccc(Cl)cc3)c2)=C(C)C1=O. The van der Waals surface area contributed by atoms with Crippen molar-refractivity contribution >= 4 is 57.8 Å². The van der Waals surface area contributed by atoms with Crippen molar-refractivity contribution in [2.75, 3.05) is 23.8 Å². The highest BCUT2D eigenvalue weighted by Crippen LogP contribution is 2.40. The highest BCUT2D eigenvalue weighted by molar-refractivity contribution is 7.99. The maximum Gasteiger partial charge on any atom is 0.223 e. The van der Waals surface area contributed by atoms with E-state index in [-0.39, 0.29) is 29.7 Å². The number of halogens is 1. The van der Waals surface area contributed by atoms with Gasteiger partial charge in [0.1, 0.15) is 24.1 Å². The summed E-state index contributed by atoms with van der Waals surface area (Å²) in [6.07, 6.45) is 0.523. The van der Waals surface area contributed by atoms with E-state index in [1.807, 2.05) is 61.2 Å². The number of benzene rings is 2. The van der Waals surface area contributed by atoms with Gasteiger partial charge in [-0.25, -0.2) is 15.0 Å². The number of anilines is 1. The van der Waals surface area contributed by atoms with Gasteiger partial charge in [0.05, 0.1) is 12.4 Å². The molecule has 0 saturated carbocycles. The Hall–Kier alpha value is -4.40. The summed E-state index contributed by atoms with van der Waals surface area (Å²) in [5.74, 6) is 0.945. The van der Waals surface area contributed by atoms with E-state index in [1.54, 1.807) is 37.1 Å². The van der Waals surface area contributed by atoms with Gasteiger partial charge in [-0.1, -0.05) is 55.8 Å². The third-order valence-corrected chi connectivity index (χ3v) is 11.9. The molecule has 14 heteroatoms. The molecule has 1 fully saturated rings. The zero-order chi connectivity index (χ0) is 39.6. The number of aliphatic hydroxyl groups is 2. The van der Waals surface area contributed by atoms with E-state index in [9.17, 15) is 24.6 Å². The van der Waals surface area contributed by atoms with Crippen molar-refractivity contribution in [2.45, 2.75) is 85.0 Å². The van der Waals surface area contributed by atoms with Crippen molar-refractivity contribution in [3.63, 3.8) is 0 Å². The minimum atomic E-state index is -1.19. The van der Waals surface area contributed by atoms with E-state index < -0.39 is 30.0 Å². The zero-order valence-corrected chi connectivity index (χ0v) is 33.2. The van der Waals surface area contributed by atoms with Crippen molar-refractivity contribution in [3.8, 4) is 11.1 Å². The van der Waals surface area contributed by atoms with Gasteiger partial charge in [0, 0.05) is 58.0 Å². The molecule has 12 nitrogen and oxygen atoms in total. The maximum absolute atomic E-state index is 14.2. The Labute approximate surface area is 329 Å². The van der Waals surface area contributed by atoms with Crippen molar-refractivity contribution in [2.24, 2.45) is 5.41 Å². The minimum absolute atomic E-state index is 0.0574. The fourth-order valence-electron chi connectivity index (χ4n) is 7.35. The van der Waals surface area contributed by atoms with Crippen LogP contribution in [0.5, 0.6) is 0 Å². The molecular weight excluding hydrogens is 740 g/mol. The number of aliphatic hydroxyl groups excluding tert-OH is 2. The van der Waals surface area contributed by atoms with Crippen LogP contribution < -0.4 is 5.73 Å². The number of hydrogen-bond acceptors (Lipinski definition) is 11. The lowest BCUT2D eigenvalue weighted by atomic mass is 9.71. The summed E-state index contributed by atoms with van der Waals surface area (Å²) in [6, 6.07) is 15.7. The molecule has 4 N–H and O–H groups in total. The number of imidazole rings is 1. The van der Waals surface area contributed by atoms with E-state index in [0.717, 1.165) is 28.9 Å². The van der Waals surface area contributed by atoms with Crippen LogP contribution in [0.4, 0.5) is 5.82 Å². The van der Waals surface area contributed by atoms with Gasteiger partial charge >= 0.3 is 0 Å². The van der Waals surface area contributed by atoms with Gasteiger partial charge in [-0.3, -0.25) is 19.0 Å². The van der Waals surface area contributed by atoms with Gasteiger partial charge < -0.3 is 25.6 Å². The summed E-state index contributed by atoms with van der Waals surface area (Å²) in [5, 5.41) is 22.3. The van der Waals surface area contributed by atoms with Gasteiger partial charge in [-0.2, -0.15) is 11.8 Å². The number of aromatic nitrogens is 4. The second kappa shape index (κ2) is 16.8. The molecule has 2 aliphatic rings. The number of nitrogen functional groups attached to an aromatic ring is 1. The van der Waals surface area contributed by atoms with Crippen molar-refractivity contribution < 1.29 is 29.3 Å².